The second-order valence-corrected chi connectivity index (χ2v) is 13.0. The maximum atomic E-state index is 14.1. The second kappa shape index (κ2) is 10.8. The van der Waals surface area contributed by atoms with Gasteiger partial charge in [-0.2, -0.15) is 13.2 Å². The normalized spacial score (nSPS) is 22.3. The monoisotopic (exact) mass is 620 g/mol. The number of rotatable bonds is 4. The van der Waals surface area contributed by atoms with Crippen LogP contribution < -0.4 is 11.1 Å². The second-order valence-electron chi connectivity index (χ2n) is 13.0. The molecule has 2 aromatic rings. The summed E-state index contributed by atoms with van der Waals surface area (Å²) in [5, 5.41) is 3.10. The number of halogens is 3. The van der Waals surface area contributed by atoms with E-state index >= 15 is 0 Å². The third kappa shape index (κ3) is 5.95. The molecule has 4 heterocycles. The van der Waals surface area contributed by atoms with Crippen LogP contribution in [0.1, 0.15) is 69.2 Å². The van der Waals surface area contributed by atoms with E-state index in [1.165, 1.54) is 4.90 Å². The Morgan fingerprint density at radius 1 is 1.09 bits per heavy atom. The summed E-state index contributed by atoms with van der Waals surface area (Å²) in [6.45, 7) is 6.65. The summed E-state index contributed by atoms with van der Waals surface area (Å²) >= 11 is 0. The van der Waals surface area contributed by atoms with Gasteiger partial charge in [0.05, 0.1) is 29.4 Å². The number of hydrogen-bond acceptors (Lipinski definition) is 7. The minimum absolute atomic E-state index is 0.00202. The number of nitrogens with two attached hydrogens (primary N) is 1. The van der Waals surface area contributed by atoms with Gasteiger partial charge >= 0.3 is 12.3 Å². The Morgan fingerprint density at radius 2 is 1.80 bits per heavy atom. The number of ether oxygens (including phenoxy) is 1. The molecular weight excluding hydrogens is 585 g/mol. The third-order valence-corrected chi connectivity index (χ3v) is 8.74. The van der Waals surface area contributed by atoms with Crippen molar-refractivity contribution in [1.82, 2.24) is 14.8 Å². The van der Waals surface area contributed by atoms with Gasteiger partial charge in [0.25, 0.3) is 0 Å². The highest BCUT2D eigenvalue weighted by molar-refractivity contribution is 5.99. The number of nitrogens with one attached hydrogen (secondary N) is 1. The van der Waals surface area contributed by atoms with Crippen LogP contribution >= 0.6 is 0 Å². The number of nitrogens with zero attached hydrogens (tertiary/aromatic N) is 4. The molecule has 1 aliphatic carbocycles. The van der Waals surface area contributed by atoms with Gasteiger partial charge in [-0.15, -0.1) is 0 Å². The van der Waals surface area contributed by atoms with Gasteiger partial charge in [0, 0.05) is 36.5 Å². The lowest BCUT2D eigenvalue weighted by molar-refractivity contribution is -0.120. The van der Waals surface area contributed by atoms with Crippen LogP contribution in [0.4, 0.5) is 23.7 Å². The molecule has 1 unspecified atom stereocenters. The first-order chi connectivity index (χ1) is 21.2. The summed E-state index contributed by atoms with van der Waals surface area (Å²) in [6.07, 6.45) is 0.180. The van der Waals surface area contributed by atoms with E-state index in [0.29, 0.717) is 42.7 Å². The molecule has 4 aliphatic rings. The molecule has 0 bridgehead atoms. The Labute approximate surface area is 259 Å². The number of benzene rings is 1. The van der Waals surface area contributed by atoms with E-state index < -0.39 is 34.2 Å². The van der Waals surface area contributed by atoms with Crippen LogP contribution in [-0.2, 0) is 14.9 Å². The van der Waals surface area contributed by atoms with Crippen LogP contribution in [0.5, 0.6) is 0 Å². The van der Waals surface area contributed by atoms with Crippen molar-refractivity contribution >= 4 is 23.6 Å². The van der Waals surface area contributed by atoms with Crippen molar-refractivity contribution < 1.29 is 27.5 Å². The molecule has 236 valence electrons. The summed E-state index contributed by atoms with van der Waals surface area (Å²) in [5.41, 5.74) is 4.45. The first kappa shape index (κ1) is 30.5. The van der Waals surface area contributed by atoms with Crippen LogP contribution in [0.25, 0.3) is 0 Å². The molecule has 9 nitrogen and oxygen atoms in total. The standard InChI is InChI=1S/C33H35F3N6O3/c1-30(2,3)45-29(44)41-16-11-22(12-17-41)25-9-8-23(18-38-25)40-28-39-19-26(33(34,35)36)32(20-42(28)32)13-10-21-6-4-5-7-24(21)31(14-15-31)27(37)43/h4-9,18-19,22H,11-12,14-17,20H2,1-3H3,(H2,37,43)(H,39,40). The molecule has 1 aromatic heterocycles. The summed E-state index contributed by atoms with van der Waals surface area (Å²) in [6, 6.07) is 10.7. The minimum atomic E-state index is -4.63. The Balaban J connectivity index is 1.16. The zero-order valence-electron chi connectivity index (χ0n) is 25.4. The molecular formula is C33H35F3N6O3. The fraction of sp³-hybridized carbons (Fsp3) is 0.455. The fourth-order valence-electron chi connectivity index (χ4n) is 6.05. The third-order valence-electron chi connectivity index (χ3n) is 8.74. The first-order valence-electron chi connectivity index (χ1n) is 15.0. The molecule has 3 aliphatic heterocycles. The number of hydrogen-bond donors (Lipinski definition) is 2. The highest BCUT2D eigenvalue weighted by atomic mass is 19.4. The highest BCUT2D eigenvalue weighted by Gasteiger charge is 2.64. The number of carbonyl (C=O) groups excluding carboxylic acids is 2. The fourth-order valence-corrected chi connectivity index (χ4v) is 6.05. The van der Waals surface area contributed by atoms with Crippen molar-refractivity contribution in [2.24, 2.45) is 10.7 Å². The topological polar surface area (TPSA) is 113 Å². The van der Waals surface area contributed by atoms with Crippen molar-refractivity contribution in [1.29, 1.82) is 0 Å². The molecule has 3 fully saturated rings. The Morgan fingerprint density at radius 3 is 2.40 bits per heavy atom. The average Bonchev–Trinajstić information content (AvgIpc) is 3.90. The maximum absolute atomic E-state index is 14.1. The van der Waals surface area contributed by atoms with Crippen LogP contribution in [0.3, 0.4) is 0 Å². The van der Waals surface area contributed by atoms with E-state index in [2.05, 4.69) is 27.1 Å². The molecule has 1 atom stereocenters. The summed E-state index contributed by atoms with van der Waals surface area (Å²) < 4.78 is 47.9. The minimum Gasteiger partial charge on any atom is -0.444 e. The molecule has 12 heteroatoms. The lowest BCUT2D eigenvalue weighted by atomic mass is 9.90. The molecule has 1 saturated carbocycles. The summed E-state index contributed by atoms with van der Waals surface area (Å²) in [5.74, 6) is 5.78. The largest absolute Gasteiger partial charge is 0.444 e. The van der Waals surface area contributed by atoms with Gasteiger partial charge in [-0.1, -0.05) is 30.0 Å². The van der Waals surface area contributed by atoms with E-state index in [0.717, 1.165) is 24.7 Å². The molecule has 45 heavy (non-hydrogen) atoms. The van der Waals surface area contributed by atoms with Crippen molar-refractivity contribution in [2.75, 3.05) is 25.0 Å². The van der Waals surface area contributed by atoms with Crippen LogP contribution in [0.15, 0.2) is 59.4 Å². The number of aromatic nitrogens is 1. The maximum Gasteiger partial charge on any atom is 0.417 e. The van der Waals surface area contributed by atoms with Crippen molar-refractivity contribution in [3.63, 3.8) is 0 Å². The molecule has 0 radical (unpaired) electrons. The van der Waals surface area contributed by atoms with Gasteiger partial charge in [-0.05, 0) is 70.2 Å². The van der Waals surface area contributed by atoms with Crippen molar-refractivity contribution in [3.05, 3.63) is 71.2 Å². The number of primary amides is 1. The van der Waals surface area contributed by atoms with E-state index in [4.69, 9.17) is 10.5 Å². The zero-order valence-corrected chi connectivity index (χ0v) is 25.4. The van der Waals surface area contributed by atoms with Crippen LogP contribution in [0.2, 0.25) is 0 Å². The van der Waals surface area contributed by atoms with E-state index in [9.17, 15) is 22.8 Å². The predicted molar refractivity (Wildman–Crippen MR) is 162 cm³/mol. The van der Waals surface area contributed by atoms with Gasteiger partial charge in [0.15, 0.2) is 5.54 Å². The molecule has 6 rings (SSSR count). The van der Waals surface area contributed by atoms with E-state index in [1.54, 1.807) is 35.4 Å². The number of alkyl halides is 3. The lowest BCUT2D eigenvalue weighted by Gasteiger charge is -2.33. The van der Waals surface area contributed by atoms with Gasteiger partial charge < -0.3 is 25.6 Å². The number of carbonyl (C=O) groups is 2. The first-order valence-corrected chi connectivity index (χ1v) is 15.0. The number of likely N-dealkylation sites (tertiary alicyclic amines) is 1. The summed E-state index contributed by atoms with van der Waals surface area (Å²) in [7, 11) is 0. The smallest absolute Gasteiger partial charge is 0.417 e. The predicted octanol–water partition coefficient (Wildman–Crippen LogP) is 5.05. The molecule has 2 amide bonds. The summed E-state index contributed by atoms with van der Waals surface area (Å²) in [4.78, 5) is 36.4. The van der Waals surface area contributed by atoms with Gasteiger partial charge in [0.1, 0.15) is 5.60 Å². The number of aliphatic imine (C=N–C) groups is 1. The quantitative estimate of drug-likeness (QED) is 0.366. The Bertz CT molecular complexity index is 1640. The molecule has 3 N–H and O–H groups in total. The number of fused-ring (bicyclic) bond motifs is 1. The average molecular weight is 621 g/mol. The van der Waals surface area contributed by atoms with Crippen LogP contribution in [0, 0.1) is 11.8 Å². The molecule has 0 spiro atoms. The van der Waals surface area contributed by atoms with Gasteiger partial charge in [-0.25, -0.2) is 9.79 Å². The van der Waals surface area contributed by atoms with E-state index in [1.807, 2.05) is 32.9 Å². The van der Waals surface area contributed by atoms with Crippen LogP contribution in [-0.4, -0.2) is 69.7 Å². The highest BCUT2D eigenvalue weighted by Crippen LogP contribution is 2.50. The number of guanidine groups is 1. The molecule has 1 aromatic carbocycles. The lowest BCUT2D eigenvalue weighted by Crippen LogP contribution is -2.41. The van der Waals surface area contributed by atoms with E-state index in [-0.39, 0.29) is 24.5 Å². The Hall–Kier alpha value is -4.53. The van der Waals surface area contributed by atoms with Crippen molar-refractivity contribution in [3.8, 4) is 11.8 Å². The zero-order chi connectivity index (χ0) is 32.2. The number of piperidine rings is 1. The number of pyridine rings is 1. The van der Waals surface area contributed by atoms with Gasteiger partial charge in [0.2, 0.25) is 11.9 Å². The molecule has 2 saturated heterocycles. The van der Waals surface area contributed by atoms with Gasteiger partial charge in [-0.3, -0.25) is 9.78 Å². The number of anilines is 1. The Kier molecular flexibility index (Phi) is 7.33. The van der Waals surface area contributed by atoms with Crippen molar-refractivity contribution in [2.45, 2.75) is 75.1 Å². The number of amides is 2. The SMILES string of the molecule is CC(C)(C)OC(=O)N1CCC(c2ccc(NC3=NC=C(C(F)(F)F)C4(C#Cc5ccccc5C5(C(N)=O)CC5)CN34)cn2)CC1.